The van der Waals surface area contributed by atoms with Crippen LogP contribution in [0, 0.1) is 0 Å². The van der Waals surface area contributed by atoms with Gasteiger partial charge in [0.15, 0.2) is 10.8 Å². The Morgan fingerprint density at radius 2 is 2.18 bits per heavy atom. The molecule has 0 aliphatic carbocycles. The van der Waals surface area contributed by atoms with Crippen LogP contribution < -0.4 is 5.43 Å². The number of nitrogens with one attached hydrogen (secondary N) is 1. The zero-order valence-electron chi connectivity index (χ0n) is 14.4. The van der Waals surface area contributed by atoms with E-state index in [1.165, 1.54) is 23.6 Å². The molecule has 11 heteroatoms. The number of hydrazone groups is 1. The molecule has 0 spiro atoms. The molecule has 0 radical (unpaired) electrons. The molecule has 7 nitrogen and oxygen atoms in total. The molecule has 0 aliphatic heterocycles. The summed E-state index contributed by atoms with van der Waals surface area (Å²) in [6.45, 7) is 0. The van der Waals surface area contributed by atoms with Gasteiger partial charge in [-0.1, -0.05) is 0 Å². The average molecular weight is 406 g/mol. The Labute approximate surface area is 160 Å². The van der Waals surface area contributed by atoms with Gasteiger partial charge in [0.05, 0.1) is 34.9 Å². The van der Waals surface area contributed by atoms with Crippen LogP contribution in [0.15, 0.2) is 41.1 Å². The standard InChI is InChI=1S/C17H13F3N6OS/c1-25-13-3-2-10(17(18,19)20)6-12(13)23-14(25)8-21-24-15(27)7-11-9-26-4-5-28-16(26)22-11/h2-6,8-9H,7H2,1H3,(H,24,27)/b21-8+. The average Bonchev–Trinajstić information content (AvgIpc) is 3.28. The van der Waals surface area contributed by atoms with E-state index >= 15 is 0 Å². The molecule has 3 heterocycles. The topological polar surface area (TPSA) is 76.6 Å². The summed E-state index contributed by atoms with van der Waals surface area (Å²) in [5.74, 6) is -0.0442. The first-order valence-corrected chi connectivity index (χ1v) is 8.96. The fourth-order valence-electron chi connectivity index (χ4n) is 2.74. The minimum Gasteiger partial charge on any atom is -0.326 e. The number of aryl methyl sites for hydroxylation is 1. The minimum atomic E-state index is -4.43. The summed E-state index contributed by atoms with van der Waals surface area (Å²) in [5.41, 5.74) is 2.94. The third-order valence-electron chi connectivity index (χ3n) is 4.10. The maximum Gasteiger partial charge on any atom is 0.416 e. The van der Waals surface area contributed by atoms with Crippen molar-refractivity contribution in [3.63, 3.8) is 0 Å². The first-order valence-electron chi connectivity index (χ1n) is 8.08. The lowest BCUT2D eigenvalue weighted by Gasteiger charge is -2.05. The normalized spacial score (nSPS) is 12.4. The van der Waals surface area contributed by atoms with E-state index in [2.05, 4.69) is 20.5 Å². The second-order valence-corrected chi connectivity index (χ2v) is 6.90. The molecule has 144 valence electrons. The number of amides is 1. The Hall–Kier alpha value is -3.21. The molecule has 0 saturated heterocycles. The number of imidazole rings is 2. The summed E-state index contributed by atoms with van der Waals surface area (Å²) in [7, 11) is 1.66. The largest absolute Gasteiger partial charge is 0.416 e. The van der Waals surface area contributed by atoms with Gasteiger partial charge in [-0.25, -0.2) is 15.4 Å². The van der Waals surface area contributed by atoms with Gasteiger partial charge in [-0.3, -0.25) is 9.20 Å². The molecule has 0 saturated carbocycles. The molecule has 4 aromatic rings. The van der Waals surface area contributed by atoms with Gasteiger partial charge in [0.2, 0.25) is 5.91 Å². The zero-order chi connectivity index (χ0) is 19.9. The molecule has 0 bridgehead atoms. The van der Waals surface area contributed by atoms with Crippen molar-refractivity contribution in [3.8, 4) is 0 Å². The molecule has 1 N–H and O–H groups in total. The van der Waals surface area contributed by atoms with E-state index in [0.29, 0.717) is 17.0 Å². The summed E-state index contributed by atoms with van der Waals surface area (Å²) < 4.78 is 41.9. The molecule has 0 aliphatic rings. The number of alkyl halides is 3. The molecule has 4 rings (SSSR count). The predicted octanol–water partition coefficient (Wildman–Crippen LogP) is 2.99. The number of fused-ring (bicyclic) bond motifs is 2. The van der Waals surface area contributed by atoms with Crippen molar-refractivity contribution in [2.24, 2.45) is 12.1 Å². The lowest BCUT2D eigenvalue weighted by Crippen LogP contribution is -2.20. The minimum absolute atomic E-state index is 0.0588. The van der Waals surface area contributed by atoms with E-state index < -0.39 is 11.7 Å². The second kappa shape index (κ2) is 6.75. The Balaban J connectivity index is 1.46. The molecule has 0 unspecified atom stereocenters. The lowest BCUT2D eigenvalue weighted by molar-refractivity contribution is -0.137. The zero-order valence-corrected chi connectivity index (χ0v) is 15.3. The second-order valence-electron chi connectivity index (χ2n) is 6.03. The fraction of sp³-hybridized carbons (Fsp3) is 0.176. The van der Waals surface area contributed by atoms with Gasteiger partial charge < -0.3 is 4.57 Å². The fourth-order valence-corrected chi connectivity index (χ4v) is 3.46. The molecule has 28 heavy (non-hydrogen) atoms. The van der Waals surface area contributed by atoms with E-state index in [9.17, 15) is 18.0 Å². The smallest absolute Gasteiger partial charge is 0.326 e. The van der Waals surface area contributed by atoms with Crippen LogP contribution in [0.5, 0.6) is 0 Å². The highest BCUT2D eigenvalue weighted by Crippen LogP contribution is 2.31. The van der Waals surface area contributed by atoms with Gasteiger partial charge in [0.1, 0.15) is 0 Å². The third kappa shape index (κ3) is 3.48. The first-order chi connectivity index (χ1) is 13.3. The summed E-state index contributed by atoms with van der Waals surface area (Å²) in [6, 6.07) is 3.34. The molecule has 0 atom stereocenters. The van der Waals surface area contributed by atoms with E-state index in [1.807, 2.05) is 16.0 Å². The van der Waals surface area contributed by atoms with Gasteiger partial charge in [-0.15, -0.1) is 11.3 Å². The molecule has 1 aromatic carbocycles. The van der Waals surface area contributed by atoms with Crippen LogP contribution in [0.25, 0.3) is 16.0 Å². The van der Waals surface area contributed by atoms with Gasteiger partial charge in [0, 0.05) is 24.8 Å². The molecule has 1 amide bonds. The number of hydrogen-bond donors (Lipinski definition) is 1. The number of aromatic nitrogens is 4. The maximum atomic E-state index is 12.8. The molecule has 3 aromatic heterocycles. The summed E-state index contributed by atoms with van der Waals surface area (Å²) >= 11 is 1.47. The van der Waals surface area contributed by atoms with Crippen molar-refractivity contribution in [3.05, 3.63) is 53.1 Å². The SMILES string of the molecule is Cn1c(/C=N/NC(=O)Cc2cn3ccsc3n2)nc2cc(C(F)(F)F)ccc21. The van der Waals surface area contributed by atoms with Crippen LogP contribution >= 0.6 is 11.3 Å². The number of carbonyl (C=O) groups excluding carboxylic acids is 1. The highest BCUT2D eigenvalue weighted by atomic mass is 32.1. The van der Waals surface area contributed by atoms with E-state index in [0.717, 1.165) is 17.1 Å². The van der Waals surface area contributed by atoms with Crippen molar-refractivity contribution in [2.45, 2.75) is 12.6 Å². The summed E-state index contributed by atoms with van der Waals surface area (Å²) in [5, 5.41) is 5.74. The van der Waals surface area contributed by atoms with Crippen molar-refractivity contribution < 1.29 is 18.0 Å². The first kappa shape index (κ1) is 18.2. The van der Waals surface area contributed by atoms with E-state index in [4.69, 9.17) is 0 Å². The molecular weight excluding hydrogens is 393 g/mol. The lowest BCUT2D eigenvalue weighted by atomic mass is 10.2. The highest BCUT2D eigenvalue weighted by Gasteiger charge is 2.30. The predicted molar refractivity (Wildman–Crippen MR) is 98.2 cm³/mol. The van der Waals surface area contributed by atoms with Gasteiger partial charge in [-0.05, 0) is 18.2 Å². The quantitative estimate of drug-likeness (QED) is 0.418. The van der Waals surface area contributed by atoms with Crippen molar-refractivity contribution >= 4 is 39.5 Å². The number of thiazole rings is 1. The van der Waals surface area contributed by atoms with E-state index in [-0.39, 0.29) is 17.8 Å². The Morgan fingerprint density at radius 3 is 2.93 bits per heavy atom. The van der Waals surface area contributed by atoms with Crippen LogP contribution in [0.1, 0.15) is 17.1 Å². The number of rotatable bonds is 4. The highest BCUT2D eigenvalue weighted by molar-refractivity contribution is 7.15. The van der Waals surface area contributed by atoms with Gasteiger partial charge >= 0.3 is 6.18 Å². The summed E-state index contributed by atoms with van der Waals surface area (Å²) in [6.07, 6.45) is 0.525. The van der Waals surface area contributed by atoms with Crippen molar-refractivity contribution in [2.75, 3.05) is 0 Å². The van der Waals surface area contributed by atoms with Crippen LogP contribution in [0.2, 0.25) is 0 Å². The molecule has 0 fully saturated rings. The number of nitrogens with zero attached hydrogens (tertiary/aromatic N) is 5. The maximum absolute atomic E-state index is 12.8. The Kier molecular flexibility index (Phi) is 4.38. The van der Waals surface area contributed by atoms with Crippen LogP contribution in [0.3, 0.4) is 0 Å². The monoisotopic (exact) mass is 406 g/mol. The number of hydrogen-bond acceptors (Lipinski definition) is 5. The number of halogens is 3. The van der Waals surface area contributed by atoms with Crippen molar-refractivity contribution in [1.82, 2.24) is 24.4 Å². The number of benzene rings is 1. The van der Waals surface area contributed by atoms with E-state index in [1.54, 1.807) is 17.8 Å². The van der Waals surface area contributed by atoms with Gasteiger partial charge in [0.25, 0.3) is 0 Å². The Morgan fingerprint density at radius 1 is 1.36 bits per heavy atom. The van der Waals surface area contributed by atoms with Crippen molar-refractivity contribution in [1.29, 1.82) is 0 Å². The molecular formula is C17H13F3N6OS. The van der Waals surface area contributed by atoms with Crippen LogP contribution in [-0.4, -0.2) is 31.1 Å². The van der Waals surface area contributed by atoms with Gasteiger partial charge in [-0.2, -0.15) is 18.3 Å². The van der Waals surface area contributed by atoms with Crippen LogP contribution in [0.4, 0.5) is 13.2 Å². The Bertz CT molecular complexity index is 1170. The third-order valence-corrected chi connectivity index (χ3v) is 4.87. The van der Waals surface area contributed by atoms with Crippen LogP contribution in [-0.2, 0) is 24.4 Å². The number of carbonyl (C=O) groups is 1. The summed E-state index contributed by atoms with van der Waals surface area (Å²) in [4.78, 5) is 21.2.